The molecule has 124 valence electrons. The van der Waals surface area contributed by atoms with Crippen LogP contribution in [0.5, 0.6) is 0 Å². The number of hydrogen-bond acceptors (Lipinski definition) is 5. The van der Waals surface area contributed by atoms with Gasteiger partial charge in [0.15, 0.2) is 0 Å². The Bertz CT molecular complexity index is 643. The minimum absolute atomic E-state index is 0.181. The molecule has 0 heterocycles. The van der Waals surface area contributed by atoms with Crippen molar-refractivity contribution in [1.29, 1.82) is 0 Å². The van der Waals surface area contributed by atoms with Crippen LogP contribution in [0.15, 0.2) is 0 Å². The van der Waals surface area contributed by atoms with Crippen molar-refractivity contribution in [2.24, 2.45) is 17.8 Å². The summed E-state index contributed by atoms with van der Waals surface area (Å²) in [5.41, 5.74) is 0. The molecule has 0 amide bonds. The average Bonchev–Trinajstić information content (AvgIpc) is 2.20. The lowest BCUT2D eigenvalue weighted by molar-refractivity contribution is -0.268. The lowest BCUT2D eigenvalue weighted by Gasteiger charge is -2.59. The normalized spacial score (nSPS) is 33.8. The van der Waals surface area contributed by atoms with Gasteiger partial charge in [-0.1, -0.05) is 0 Å². The van der Waals surface area contributed by atoms with Crippen LogP contribution in [0.2, 0.25) is 0 Å². The van der Waals surface area contributed by atoms with Crippen LogP contribution in [0.1, 0.15) is 12.8 Å². The van der Waals surface area contributed by atoms with E-state index in [0.29, 0.717) is 0 Å². The third-order valence-corrected chi connectivity index (χ3v) is 5.57. The molecule has 0 spiro atoms. The Labute approximate surface area is 118 Å². The fourth-order valence-corrected chi connectivity index (χ4v) is 4.06. The lowest BCUT2D eigenvalue weighted by Crippen LogP contribution is -2.65. The lowest BCUT2D eigenvalue weighted by atomic mass is 9.50. The number of halogens is 4. The first-order valence-electron chi connectivity index (χ1n) is 5.79. The van der Waals surface area contributed by atoms with E-state index in [1.165, 1.54) is 0 Å². The molecule has 2 saturated carbocycles. The highest BCUT2D eigenvalue weighted by Crippen LogP contribution is 2.63. The van der Waals surface area contributed by atoms with Crippen molar-refractivity contribution in [3.63, 3.8) is 0 Å². The van der Waals surface area contributed by atoms with E-state index in [1.807, 2.05) is 0 Å². The molecule has 21 heavy (non-hydrogen) atoms. The second-order valence-electron chi connectivity index (χ2n) is 5.36. The summed E-state index contributed by atoms with van der Waals surface area (Å²) in [5.74, 6) is -8.47. The van der Waals surface area contributed by atoms with E-state index in [1.54, 1.807) is 0 Å². The monoisotopic (exact) mass is 356 g/mol. The predicted molar refractivity (Wildman–Crippen MR) is 60.9 cm³/mol. The molecule has 0 aromatic carbocycles. The molecule has 0 aromatic heterocycles. The van der Waals surface area contributed by atoms with Gasteiger partial charge in [0.25, 0.3) is 10.1 Å². The van der Waals surface area contributed by atoms with Crippen LogP contribution in [0.3, 0.4) is 0 Å². The highest BCUT2D eigenvalue weighted by molar-refractivity contribution is 7.87. The van der Waals surface area contributed by atoms with Crippen LogP contribution in [-0.2, 0) is 24.4 Å². The molecule has 2 aliphatic carbocycles. The molecule has 6 nitrogen and oxygen atoms in total. The number of alkyl halides is 4. The maximum Gasteiger partial charge on any atom is 0.431 e. The summed E-state index contributed by atoms with van der Waals surface area (Å²) in [6, 6.07) is 0. The zero-order chi connectivity index (χ0) is 16.4. The topological polar surface area (TPSA) is 97.7 Å². The molecule has 4 unspecified atom stereocenters. The summed E-state index contributed by atoms with van der Waals surface area (Å²) in [4.78, 5) is 0. The van der Waals surface area contributed by atoms with Gasteiger partial charge in [0.05, 0.1) is 12.4 Å². The fraction of sp³-hybridized carbons (Fsp3) is 1.00. The molecule has 4 atom stereocenters. The molecule has 2 aliphatic rings. The summed E-state index contributed by atoms with van der Waals surface area (Å²) < 4.78 is 109. The molecule has 1 N–H and O–H groups in total. The van der Waals surface area contributed by atoms with Crippen molar-refractivity contribution < 1.29 is 43.1 Å². The van der Waals surface area contributed by atoms with Gasteiger partial charge in [0, 0.05) is 5.92 Å². The van der Waals surface area contributed by atoms with Crippen molar-refractivity contribution in [1.82, 2.24) is 0 Å². The van der Waals surface area contributed by atoms with Gasteiger partial charge >= 0.3 is 21.3 Å². The molecular formula is C9H12F4O6S2. The van der Waals surface area contributed by atoms with Crippen LogP contribution in [-0.4, -0.2) is 44.9 Å². The third-order valence-electron chi connectivity index (χ3n) is 4.05. The summed E-state index contributed by atoms with van der Waals surface area (Å²) in [5, 5.41) is -5.58. The van der Waals surface area contributed by atoms with E-state index < -0.39 is 61.7 Å². The van der Waals surface area contributed by atoms with Crippen LogP contribution < -0.4 is 0 Å². The van der Waals surface area contributed by atoms with Crippen molar-refractivity contribution in [3.05, 3.63) is 0 Å². The minimum atomic E-state index is -6.25. The molecule has 0 saturated heterocycles. The number of hydrogen-bond donors (Lipinski definition) is 1. The number of rotatable bonds is 5. The molecule has 0 radical (unpaired) electrons. The zero-order valence-corrected chi connectivity index (χ0v) is 12.2. The second-order valence-corrected chi connectivity index (χ2v) is 8.42. The minimum Gasteiger partial charge on any atom is -0.281 e. The molecule has 2 fully saturated rings. The zero-order valence-electron chi connectivity index (χ0n) is 10.5. The van der Waals surface area contributed by atoms with Crippen molar-refractivity contribution in [3.8, 4) is 0 Å². The SMILES string of the molecule is CS(=O)(=O)OC1CC2C1CC2C(F)(F)C(F)(F)S(=O)(=O)O. The van der Waals surface area contributed by atoms with Crippen molar-refractivity contribution >= 4 is 20.2 Å². The maximum atomic E-state index is 13.6. The summed E-state index contributed by atoms with van der Waals surface area (Å²) >= 11 is 0. The van der Waals surface area contributed by atoms with Gasteiger partial charge in [-0.3, -0.25) is 8.74 Å². The second kappa shape index (κ2) is 4.52. The summed E-state index contributed by atoms with van der Waals surface area (Å²) in [7, 11) is -10.0. The quantitative estimate of drug-likeness (QED) is 0.450. The Morgan fingerprint density at radius 2 is 1.57 bits per heavy atom. The smallest absolute Gasteiger partial charge is 0.281 e. The first-order valence-corrected chi connectivity index (χ1v) is 9.05. The number of fused-ring (bicyclic) bond motifs is 1. The van der Waals surface area contributed by atoms with Crippen LogP contribution in [0.25, 0.3) is 0 Å². The van der Waals surface area contributed by atoms with Gasteiger partial charge in [-0.25, -0.2) is 0 Å². The molecule has 0 aromatic rings. The van der Waals surface area contributed by atoms with Crippen LogP contribution >= 0.6 is 0 Å². The van der Waals surface area contributed by atoms with E-state index in [0.717, 1.165) is 6.26 Å². The van der Waals surface area contributed by atoms with E-state index in [9.17, 15) is 34.4 Å². The first kappa shape index (κ1) is 16.9. The highest BCUT2D eigenvalue weighted by Gasteiger charge is 2.75. The van der Waals surface area contributed by atoms with Gasteiger partial charge in [-0.15, -0.1) is 0 Å². The maximum absolute atomic E-state index is 13.6. The van der Waals surface area contributed by atoms with Crippen molar-refractivity contribution in [2.45, 2.75) is 30.1 Å². The van der Waals surface area contributed by atoms with Gasteiger partial charge < -0.3 is 0 Å². The van der Waals surface area contributed by atoms with Crippen LogP contribution in [0, 0.1) is 17.8 Å². The van der Waals surface area contributed by atoms with Gasteiger partial charge in [0.1, 0.15) is 0 Å². The largest absolute Gasteiger partial charge is 0.431 e. The Morgan fingerprint density at radius 1 is 1.05 bits per heavy atom. The standard InChI is InChI=1S/C9H12F4O6S2/c1-20(14,15)19-7-3-4-5(7)2-6(4)8(10,11)9(12,13)21(16,17)18/h4-7H,2-3H2,1H3,(H,16,17,18). The Morgan fingerprint density at radius 3 is 1.90 bits per heavy atom. The van der Waals surface area contributed by atoms with E-state index >= 15 is 0 Å². The predicted octanol–water partition coefficient (Wildman–Crippen LogP) is 1.10. The fourth-order valence-electron chi connectivity index (χ4n) is 2.90. The Kier molecular flexibility index (Phi) is 3.64. The molecule has 2 rings (SSSR count). The average molecular weight is 356 g/mol. The Hall–Kier alpha value is -0.460. The molecular weight excluding hydrogens is 344 g/mol. The van der Waals surface area contributed by atoms with Crippen LogP contribution in [0.4, 0.5) is 17.6 Å². The van der Waals surface area contributed by atoms with Gasteiger partial charge in [-0.2, -0.15) is 34.4 Å². The van der Waals surface area contributed by atoms with E-state index in [4.69, 9.17) is 4.55 Å². The van der Waals surface area contributed by atoms with Crippen molar-refractivity contribution in [2.75, 3.05) is 6.26 Å². The summed E-state index contributed by atoms with van der Waals surface area (Å²) in [6.45, 7) is 0. The molecule has 0 aliphatic heterocycles. The highest BCUT2D eigenvalue weighted by atomic mass is 32.2. The van der Waals surface area contributed by atoms with E-state index in [2.05, 4.69) is 4.18 Å². The third kappa shape index (κ3) is 2.55. The van der Waals surface area contributed by atoms with Gasteiger partial charge in [0.2, 0.25) is 0 Å². The molecule has 12 heteroatoms. The van der Waals surface area contributed by atoms with Gasteiger partial charge in [-0.05, 0) is 24.7 Å². The Balaban J connectivity index is 2.08. The summed E-state index contributed by atoms with van der Waals surface area (Å²) in [6.07, 6.45) is -0.753. The molecule has 0 bridgehead atoms. The first-order chi connectivity index (χ1) is 9.18. The van der Waals surface area contributed by atoms with E-state index in [-0.39, 0.29) is 6.42 Å².